The maximum Gasteiger partial charge on any atom is 0.321 e. The Hall–Kier alpha value is -2.97. The van der Waals surface area contributed by atoms with Crippen LogP contribution in [0.5, 0.6) is 5.75 Å². The summed E-state index contributed by atoms with van der Waals surface area (Å²) in [7, 11) is -2.32. The fourth-order valence-corrected chi connectivity index (χ4v) is 3.09. The number of nitrogens with one attached hydrogen (secondary N) is 1. The molecule has 0 amide bonds. The zero-order valence-corrected chi connectivity index (χ0v) is 17.2. The predicted octanol–water partition coefficient (Wildman–Crippen LogP) is 2.71. The number of hydrogen-bond acceptors (Lipinski definition) is 6. The largest absolute Gasteiger partial charge is 0.497 e. The van der Waals surface area contributed by atoms with E-state index in [2.05, 4.69) is 4.72 Å². The normalized spacial score (nSPS) is 12.5. The number of ketones is 1. The second-order valence-electron chi connectivity index (χ2n) is 6.30. The monoisotopic (exact) mass is 417 g/mol. The van der Waals surface area contributed by atoms with Crippen LogP contribution in [0.15, 0.2) is 53.9 Å². The summed E-state index contributed by atoms with van der Waals surface area (Å²) in [6.07, 6.45) is 0.367. The highest BCUT2D eigenvalue weighted by atomic mass is 32.2. The molecule has 0 aliphatic carbocycles. The Labute approximate surface area is 170 Å². The molecule has 1 atom stereocenters. The van der Waals surface area contributed by atoms with E-state index in [1.807, 2.05) is 19.1 Å². The number of aryl methyl sites for hydroxylation is 1. The van der Waals surface area contributed by atoms with Gasteiger partial charge in [-0.05, 0) is 49.8 Å². The average Bonchev–Trinajstić information content (AvgIpc) is 2.71. The van der Waals surface area contributed by atoms with Crippen molar-refractivity contribution in [1.29, 1.82) is 0 Å². The highest BCUT2D eigenvalue weighted by molar-refractivity contribution is 7.92. The van der Waals surface area contributed by atoms with Gasteiger partial charge in [0.1, 0.15) is 12.3 Å². The SMILES string of the molecule is COc1ccc(C(=O)[C@H](C)OC(=O)CNS(=O)(=O)/C=C/c2ccc(C)cc2)cc1. The molecule has 0 saturated carbocycles. The van der Waals surface area contributed by atoms with E-state index in [1.165, 1.54) is 20.1 Å². The second-order valence-corrected chi connectivity index (χ2v) is 7.96. The van der Waals surface area contributed by atoms with Crippen molar-refractivity contribution < 1.29 is 27.5 Å². The first-order chi connectivity index (χ1) is 13.7. The summed E-state index contributed by atoms with van der Waals surface area (Å²) in [6.45, 7) is 2.77. The quantitative estimate of drug-likeness (QED) is 0.498. The van der Waals surface area contributed by atoms with Gasteiger partial charge in [-0.3, -0.25) is 9.59 Å². The Morgan fingerprint density at radius 3 is 2.28 bits per heavy atom. The maximum atomic E-state index is 12.3. The van der Waals surface area contributed by atoms with Gasteiger partial charge in [0.15, 0.2) is 6.10 Å². The van der Waals surface area contributed by atoms with Gasteiger partial charge in [0.2, 0.25) is 15.8 Å². The number of hydrogen-bond donors (Lipinski definition) is 1. The third-order valence-electron chi connectivity index (χ3n) is 3.99. The highest BCUT2D eigenvalue weighted by Crippen LogP contribution is 2.14. The van der Waals surface area contributed by atoms with Crippen molar-refractivity contribution in [3.8, 4) is 5.75 Å². The number of sulfonamides is 1. The summed E-state index contributed by atoms with van der Waals surface area (Å²) in [5.74, 6) is -0.658. The Kier molecular flexibility index (Phi) is 7.69. The van der Waals surface area contributed by atoms with Gasteiger partial charge in [-0.15, -0.1) is 0 Å². The van der Waals surface area contributed by atoms with Crippen molar-refractivity contribution in [2.45, 2.75) is 20.0 Å². The van der Waals surface area contributed by atoms with E-state index < -0.39 is 34.4 Å². The van der Waals surface area contributed by atoms with Crippen LogP contribution < -0.4 is 9.46 Å². The fourth-order valence-electron chi connectivity index (χ4n) is 2.34. The molecule has 1 N–H and O–H groups in total. The standard InChI is InChI=1S/C21H23NO6S/c1-15-4-6-17(7-5-15)12-13-29(25,26)22-14-20(23)28-16(2)21(24)18-8-10-19(27-3)11-9-18/h4-13,16,22H,14H2,1-3H3/b13-12+/t16-/m0/s1. The zero-order chi connectivity index (χ0) is 21.4. The molecule has 0 aliphatic heterocycles. The van der Waals surface area contributed by atoms with Crippen molar-refractivity contribution in [2.24, 2.45) is 0 Å². The molecule has 0 bridgehead atoms. The van der Waals surface area contributed by atoms with Crippen LogP contribution in [0.2, 0.25) is 0 Å². The van der Waals surface area contributed by atoms with Crippen molar-refractivity contribution in [3.05, 3.63) is 70.6 Å². The van der Waals surface area contributed by atoms with Gasteiger partial charge in [-0.2, -0.15) is 0 Å². The molecule has 0 saturated heterocycles. The molecular formula is C21H23NO6S. The van der Waals surface area contributed by atoms with E-state index in [1.54, 1.807) is 36.4 Å². The molecule has 8 heteroatoms. The second kappa shape index (κ2) is 9.99. The van der Waals surface area contributed by atoms with E-state index in [0.717, 1.165) is 11.0 Å². The van der Waals surface area contributed by atoms with Crippen molar-refractivity contribution in [1.82, 2.24) is 4.72 Å². The van der Waals surface area contributed by atoms with E-state index in [9.17, 15) is 18.0 Å². The van der Waals surface area contributed by atoms with E-state index in [4.69, 9.17) is 9.47 Å². The Bertz CT molecular complexity index is 979. The molecule has 2 aromatic carbocycles. The van der Waals surface area contributed by atoms with Crippen LogP contribution in [-0.4, -0.2) is 39.9 Å². The lowest BCUT2D eigenvalue weighted by Gasteiger charge is -2.12. The minimum absolute atomic E-state index is 0.354. The lowest BCUT2D eigenvalue weighted by molar-refractivity contribution is -0.144. The molecule has 0 fully saturated rings. The van der Waals surface area contributed by atoms with Crippen molar-refractivity contribution >= 4 is 27.9 Å². The van der Waals surface area contributed by atoms with Crippen molar-refractivity contribution in [2.75, 3.05) is 13.7 Å². The number of esters is 1. The molecule has 29 heavy (non-hydrogen) atoms. The Balaban J connectivity index is 1.87. The van der Waals surface area contributed by atoms with Gasteiger partial charge >= 0.3 is 5.97 Å². The predicted molar refractivity (Wildman–Crippen MR) is 110 cm³/mol. The molecule has 2 aromatic rings. The first-order valence-corrected chi connectivity index (χ1v) is 10.4. The minimum atomic E-state index is -3.83. The molecule has 0 radical (unpaired) electrons. The van der Waals surface area contributed by atoms with Gasteiger partial charge < -0.3 is 9.47 Å². The summed E-state index contributed by atoms with van der Waals surface area (Å²) in [5, 5.41) is 0.969. The molecule has 0 unspecified atom stereocenters. The topological polar surface area (TPSA) is 98.8 Å². The van der Waals surface area contributed by atoms with E-state index in [-0.39, 0.29) is 0 Å². The van der Waals surface area contributed by atoms with E-state index >= 15 is 0 Å². The fraction of sp³-hybridized carbons (Fsp3) is 0.238. The van der Waals surface area contributed by atoms with Gasteiger partial charge in [-0.1, -0.05) is 29.8 Å². The lowest BCUT2D eigenvalue weighted by Crippen LogP contribution is -2.33. The molecule has 0 aliphatic rings. The van der Waals surface area contributed by atoms with Crippen LogP contribution in [0.25, 0.3) is 6.08 Å². The van der Waals surface area contributed by atoms with Crippen LogP contribution in [0.3, 0.4) is 0 Å². The van der Waals surface area contributed by atoms with Crippen LogP contribution in [-0.2, 0) is 19.6 Å². The summed E-state index contributed by atoms with van der Waals surface area (Å²) in [4.78, 5) is 24.2. The third kappa shape index (κ3) is 7.17. The first kappa shape index (κ1) is 22.3. The number of benzene rings is 2. The Morgan fingerprint density at radius 1 is 1.07 bits per heavy atom. The summed E-state index contributed by atoms with van der Waals surface area (Å²) in [6, 6.07) is 13.6. The van der Waals surface area contributed by atoms with Gasteiger partial charge in [0.25, 0.3) is 0 Å². The molecule has 2 rings (SSSR count). The van der Waals surface area contributed by atoms with Crippen LogP contribution in [0.1, 0.15) is 28.4 Å². The number of Topliss-reactive ketones (excluding diaryl/α,β-unsaturated/α-hetero) is 1. The van der Waals surface area contributed by atoms with Crippen molar-refractivity contribution in [3.63, 3.8) is 0 Å². The molecule has 0 spiro atoms. The van der Waals surface area contributed by atoms with Gasteiger partial charge in [0, 0.05) is 11.0 Å². The molecule has 7 nitrogen and oxygen atoms in total. The van der Waals surface area contributed by atoms with Gasteiger partial charge in [0.05, 0.1) is 7.11 Å². The number of methoxy groups -OCH3 is 1. The lowest BCUT2D eigenvalue weighted by atomic mass is 10.1. The smallest absolute Gasteiger partial charge is 0.321 e. The van der Waals surface area contributed by atoms with Crippen LogP contribution >= 0.6 is 0 Å². The first-order valence-electron chi connectivity index (χ1n) is 8.82. The number of carbonyl (C=O) groups excluding carboxylic acids is 2. The minimum Gasteiger partial charge on any atom is -0.497 e. The number of ether oxygens (including phenoxy) is 2. The van der Waals surface area contributed by atoms with E-state index in [0.29, 0.717) is 16.9 Å². The van der Waals surface area contributed by atoms with Crippen LogP contribution in [0.4, 0.5) is 0 Å². The average molecular weight is 417 g/mol. The summed E-state index contributed by atoms with van der Waals surface area (Å²) >= 11 is 0. The molecule has 0 aromatic heterocycles. The van der Waals surface area contributed by atoms with Gasteiger partial charge in [-0.25, -0.2) is 13.1 Å². The Morgan fingerprint density at radius 2 is 1.69 bits per heavy atom. The zero-order valence-electron chi connectivity index (χ0n) is 16.4. The number of rotatable bonds is 9. The maximum absolute atomic E-state index is 12.3. The third-order valence-corrected chi connectivity index (χ3v) is 5.03. The molecular weight excluding hydrogens is 394 g/mol. The van der Waals surface area contributed by atoms with Crippen LogP contribution in [0, 0.1) is 6.92 Å². The summed E-state index contributed by atoms with van der Waals surface area (Å²) in [5.41, 5.74) is 2.12. The number of carbonyl (C=O) groups is 2. The molecule has 154 valence electrons. The highest BCUT2D eigenvalue weighted by Gasteiger charge is 2.20. The molecule has 0 heterocycles. The summed E-state index contributed by atoms with van der Waals surface area (Å²) < 4.78 is 36.2.